The van der Waals surface area contributed by atoms with Gasteiger partial charge in [0.1, 0.15) is 0 Å². The first kappa shape index (κ1) is 23.3. The molecule has 2 amide bonds. The highest BCUT2D eigenvalue weighted by molar-refractivity contribution is 6.36. The van der Waals surface area contributed by atoms with Gasteiger partial charge in [0.2, 0.25) is 0 Å². The lowest BCUT2D eigenvalue weighted by atomic mass is 9.87. The van der Waals surface area contributed by atoms with Crippen LogP contribution in [-0.4, -0.2) is 47.3 Å². The Morgan fingerprint density at radius 3 is 2.18 bits per heavy atom. The summed E-state index contributed by atoms with van der Waals surface area (Å²) in [6.07, 6.45) is 0. The van der Waals surface area contributed by atoms with Crippen molar-refractivity contribution in [1.29, 1.82) is 0 Å². The quantitative estimate of drug-likeness (QED) is 0.488. The van der Waals surface area contributed by atoms with Crippen LogP contribution in [0.2, 0.25) is 10.0 Å². The lowest BCUT2D eigenvalue weighted by Gasteiger charge is -2.35. The molecule has 172 valence electrons. The molecule has 2 aromatic carbocycles. The average molecular weight is 484 g/mol. The van der Waals surface area contributed by atoms with Gasteiger partial charge < -0.3 is 15.1 Å². The fraction of sp³-hybridized carbons (Fsp3) is 0.320. The van der Waals surface area contributed by atoms with Gasteiger partial charge in [-0.15, -0.1) is 10.2 Å². The van der Waals surface area contributed by atoms with Crippen LogP contribution in [0.1, 0.15) is 26.3 Å². The van der Waals surface area contributed by atoms with E-state index in [0.29, 0.717) is 41.9 Å². The molecule has 1 N–H and O–H groups in total. The predicted octanol–water partition coefficient (Wildman–Crippen LogP) is 6.10. The molecule has 0 aliphatic carbocycles. The van der Waals surface area contributed by atoms with Crippen LogP contribution in [0.4, 0.5) is 16.3 Å². The van der Waals surface area contributed by atoms with Crippen LogP contribution in [-0.2, 0) is 5.41 Å². The van der Waals surface area contributed by atoms with Crippen LogP contribution in [0.3, 0.4) is 0 Å². The van der Waals surface area contributed by atoms with E-state index >= 15 is 0 Å². The maximum Gasteiger partial charge on any atom is 0.321 e. The van der Waals surface area contributed by atoms with Gasteiger partial charge in [0.25, 0.3) is 0 Å². The van der Waals surface area contributed by atoms with Crippen molar-refractivity contribution >= 4 is 40.7 Å². The number of anilines is 2. The number of hydrogen-bond acceptors (Lipinski definition) is 4. The normalized spacial score (nSPS) is 14.3. The molecule has 0 saturated carbocycles. The number of hydrogen-bond donors (Lipinski definition) is 1. The van der Waals surface area contributed by atoms with Crippen molar-refractivity contribution < 1.29 is 4.79 Å². The third kappa shape index (κ3) is 5.57. The van der Waals surface area contributed by atoms with Crippen molar-refractivity contribution in [2.45, 2.75) is 26.2 Å². The van der Waals surface area contributed by atoms with E-state index < -0.39 is 0 Å². The van der Waals surface area contributed by atoms with E-state index in [1.165, 1.54) is 5.56 Å². The van der Waals surface area contributed by atoms with E-state index in [2.05, 4.69) is 53.3 Å². The van der Waals surface area contributed by atoms with Gasteiger partial charge in [-0.1, -0.05) is 56.1 Å². The molecule has 2 heterocycles. The van der Waals surface area contributed by atoms with Gasteiger partial charge in [-0.05, 0) is 53.4 Å². The molecule has 1 aromatic heterocycles. The summed E-state index contributed by atoms with van der Waals surface area (Å²) in [6.45, 7) is 9.11. The van der Waals surface area contributed by atoms with Crippen LogP contribution in [0, 0.1) is 0 Å². The number of carbonyl (C=O) groups excluding carboxylic acids is 1. The molecule has 1 fully saturated rings. The van der Waals surface area contributed by atoms with Crippen molar-refractivity contribution in [2.24, 2.45) is 0 Å². The zero-order valence-electron chi connectivity index (χ0n) is 19.0. The summed E-state index contributed by atoms with van der Waals surface area (Å²) >= 11 is 12.3. The zero-order chi connectivity index (χ0) is 23.6. The minimum absolute atomic E-state index is 0.0844. The van der Waals surface area contributed by atoms with Crippen molar-refractivity contribution in [3.05, 3.63) is 70.2 Å². The van der Waals surface area contributed by atoms with E-state index in [1.807, 2.05) is 35.2 Å². The summed E-state index contributed by atoms with van der Waals surface area (Å²) in [4.78, 5) is 16.6. The molecule has 33 heavy (non-hydrogen) atoms. The number of rotatable bonds is 3. The van der Waals surface area contributed by atoms with Crippen LogP contribution >= 0.6 is 23.2 Å². The van der Waals surface area contributed by atoms with Crippen LogP contribution in [0.25, 0.3) is 11.3 Å². The van der Waals surface area contributed by atoms with Crippen molar-refractivity contribution in [3.8, 4) is 11.3 Å². The lowest BCUT2D eigenvalue weighted by molar-refractivity contribution is 0.208. The lowest BCUT2D eigenvalue weighted by Crippen LogP contribution is -2.50. The molecule has 0 radical (unpaired) electrons. The molecule has 6 nitrogen and oxygen atoms in total. The van der Waals surface area contributed by atoms with Gasteiger partial charge >= 0.3 is 6.03 Å². The maximum absolute atomic E-state index is 12.7. The minimum Gasteiger partial charge on any atom is -0.352 e. The molecule has 1 saturated heterocycles. The van der Waals surface area contributed by atoms with Gasteiger partial charge in [-0.2, -0.15) is 0 Å². The Bertz CT molecular complexity index is 1120. The van der Waals surface area contributed by atoms with E-state index in [0.717, 1.165) is 17.1 Å². The van der Waals surface area contributed by atoms with E-state index in [4.69, 9.17) is 23.2 Å². The maximum atomic E-state index is 12.7. The Morgan fingerprint density at radius 1 is 0.909 bits per heavy atom. The van der Waals surface area contributed by atoms with Crippen molar-refractivity contribution in [2.75, 3.05) is 36.4 Å². The Balaban J connectivity index is 1.33. The first-order chi connectivity index (χ1) is 15.7. The summed E-state index contributed by atoms with van der Waals surface area (Å²) in [6, 6.07) is 17.1. The van der Waals surface area contributed by atoms with Crippen molar-refractivity contribution in [3.63, 3.8) is 0 Å². The van der Waals surface area contributed by atoms with Gasteiger partial charge in [0.15, 0.2) is 5.82 Å². The third-order valence-electron chi connectivity index (χ3n) is 5.75. The summed E-state index contributed by atoms with van der Waals surface area (Å²) in [5.74, 6) is 0.779. The molecule has 0 spiro atoms. The van der Waals surface area contributed by atoms with Gasteiger partial charge in [0.05, 0.1) is 10.7 Å². The van der Waals surface area contributed by atoms with Gasteiger partial charge in [-0.25, -0.2) is 4.79 Å². The standard InChI is InChI=1S/C25H27Cl2N5O/c1-25(2,3)17-4-7-19(8-5-17)28-24(33)32-14-12-31(13-15-32)23-11-10-22(29-30-23)20-9-6-18(26)16-21(20)27/h4-11,16H,12-15H2,1-3H3,(H,28,33). The Labute approximate surface area is 204 Å². The number of nitrogens with zero attached hydrogens (tertiary/aromatic N) is 4. The molecule has 4 rings (SSSR count). The smallest absolute Gasteiger partial charge is 0.321 e. The second kappa shape index (κ2) is 9.57. The molecule has 3 aromatic rings. The van der Waals surface area contributed by atoms with Crippen LogP contribution in [0.5, 0.6) is 0 Å². The molecule has 0 bridgehead atoms. The molecule has 1 aliphatic rings. The minimum atomic E-state index is -0.0861. The summed E-state index contributed by atoms with van der Waals surface area (Å²) in [5, 5.41) is 12.8. The highest BCUT2D eigenvalue weighted by Gasteiger charge is 2.22. The topological polar surface area (TPSA) is 61.4 Å². The number of amides is 2. The molecular formula is C25H27Cl2N5O. The molecule has 0 atom stereocenters. The fourth-order valence-corrected chi connectivity index (χ4v) is 4.23. The van der Waals surface area contributed by atoms with Crippen molar-refractivity contribution in [1.82, 2.24) is 15.1 Å². The number of carbonyl (C=O) groups is 1. The van der Waals surface area contributed by atoms with Crippen LogP contribution < -0.4 is 10.2 Å². The Hall–Kier alpha value is -2.83. The third-order valence-corrected chi connectivity index (χ3v) is 6.30. The Kier molecular flexibility index (Phi) is 6.77. The number of benzene rings is 2. The summed E-state index contributed by atoms with van der Waals surface area (Å²) in [7, 11) is 0. The molecule has 8 heteroatoms. The van der Waals surface area contributed by atoms with Crippen LogP contribution in [0.15, 0.2) is 54.6 Å². The van der Waals surface area contributed by atoms with E-state index in [-0.39, 0.29) is 11.4 Å². The van der Waals surface area contributed by atoms with Gasteiger partial charge in [-0.3, -0.25) is 0 Å². The zero-order valence-corrected chi connectivity index (χ0v) is 20.5. The average Bonchev–Trinajstić information content (AvgIpc) is 2.79. The monoisotopic (exact) mass is 483 g/mol. The number of piperazine rings is 1. The fourth-order valence-electron chi connectivity index (χ4n) is 3.73. The first-order valence-corrected chi connectivity index (χ1v) is 11.7. The second-order valence-electron chi connectivity index (χ2n) is 9.13. The largest absolute Gasteiger partial charge is 0.352 e. The number of aromatic nitrogens is 2. The number of urea groups is 1. The second-order valence-corrected chi connectivity index (χ2v) is 9.98. The molecular weight excluding hydrogens is 457 g/mol. The van der Waals surface area contributed by atoms with E-state index in [9.17, 15) is 4.79 Å². The molecule has 1 aliphatic heterocycles. The SMILES string of the molecule is CC(C)(C)c1ccc(NC(=O)N2CCN(c3ccc(-c4ccc(Cl)cc4Cl)nn3)CC2)cc1. The first-order valence-electron chi connectivity index (χ1n) is 10.9. The summed E-state index contributed by atoms with van der Waals surface area (Å²) < 4.78 is 0. The molecule has 0 unspecified atom stereocenters. The number of nitrogens with one attached hydrogen (secondary N) is 1. The highest BCUT2D eigenvalue weighted by atomic mass is 35.5. The van der Waals surface area contributed by atoms with Gasteiger partial charge in [0, 0.05) is 42.5 Å². The number of halogens is 2. The Morgan fingerprint density at radius 2 is 1.61 bits per heavy atom. The predicted molar refractivity (Wildman–Crippen MR) is 135 cm³/mol. The highest BCUT2D eigenvalue weighted by Crippen LogP contribution is 2.29. The summed E-state index contributed by atoms with van der Waals surface area (Å²) in [5.41, 5.74) is 3.60. The van der Waals surface area contributed by atoms with E-state index in [1.54, 1.807) is 12.1 Å².